The van der Waals surface area contributed by atoms with Gasteiger partial charge in [-0.2, -0.15) is 0 Å². The standard InChI is InChI=1S/C11H22N2O2/c1-9(4-3-6-12)11(14)13(2)10-5-7-15-8-10/h9-10H,3-8,12H2,1-2H3. The van der Waals surface area contributed by atoms with E-state index in [4.69, 9.17) is 10.5 Å². The van der Waals surface area contributed by atoms with E-state index in [1.54, 1.807) is 0 Å². The number of hydrogen-bond acceptors (Lipinski definition) is 3. The van der Waals surface area contributed by atoms with Crippen LogP contribution in [0.1, 0.15) is 26.2 Å². The van der Waals surface area contributed by atoms with Gasteiger partial charge in [-0.3, -0.25) is 4.79 Å². The first-order valence-corrected chi connectivity index (χ1v) is 5.71. The van der Waals surface area contributed by atoms with E-state index >= 15 is 0 Å². The van der Waals surface area contributed by atoms with Crippen molar-refractivity contribution in [3.63, 3.8) is 0 Å². The van der Waals surface area contributed by atoms with Gasteiger partial charge in [0.1, 0.15) is 0 Å². The van der Waals surface area contributed by atoms with Crippen molar-refractivity contribution in [1.29, 1.82) is 0 Å². The van der Waals surface area contributed by atoms with E-state index in [1.165, 1.54) is 0 Å². The monoisotopic (exact) mass is 214 g/mol. The van der Waals surface area contributed by atoms with Gasteiger partial charge in [-0.1, -0.05) is 6.92 Å². The zero-order valence-corrected chi connectivity index (χ0v) is 9.74. The summed E-state index contributed by atoms with van der Waals surface area (Å²) in [6.07, 6.45) is 2.76. The molecule has 1 fully saturated rings. The average Bonchev–Trinajstić information content (AvgIpc) is 2.77. The number of amides is 1. The zero-order chi connectivity index (χ0) is 11.3. The molecule has 0 bridgehead atoms. The molecule has 1 rings (SSSR count). The molecule has 2 unspecified atom stereocenters. The molecule has 1 heterocycles. The Labute approximate surface area is 91.8 Å². The normalized spacial score (nSPS) is 22.7. The maximum Gasteiger partial charge on any atom is 0.225 e. The van der Waals surface area contributed by atoms with Crippen LogP contribution in [0.25, 0.3) is 0 Å². The second-order valence-electron chi connectivity index (χ2n) is 4.30. The van der Waals surface area contributed by atoms with E-state index in [2.05, 4.69) is 0 Å². The average molecular weight is 214 g/mol. The lowest BCUT2D eigenvalue weighted by atomic mass is 10.0. The number of carbonyl (C=O) groups excluding carboxylic acids is 1. The molecule has 1 saturated heterocycles. The largest absolute Gasteiger partial charge is 0.379 e. The van der Waals surface area contributed by atoms with Crippen molar-refractivity contribution in [2.24, 2.45) is 11.7 Å². The predicted molar refractivity (Wildman–Crippen MR) is 59.4 cm³/mol. The van der Waals surface area contributed by atoms with Crippen LogP contribution in [0.2, 0.25) is 0 Å². The topological polar surface area (TPSA) is 55.6 Å². The molecule has 4 heteroatoms. The summed E-state index contributed by atoms with van der Waals surface area (Å²) >= 11 is 0. The Morgan fingerprint density at radius 1 is 1.67 bits per heavy atom. The number of nitrogens with two attached hydrogens (primary N) is 1. The van der Waals surface area contributed by atoms with Gasteiger partial charge in [0.15, 0.2) is 0 Å². The van der Waals surface area contributed by atoms with Crippen molar-refractivity contribution in [3.05, 3.63) is 0 Å². The summed E-state index contributed by atoms with van der Waals surface area (Å²) in [6.45, 7) is 4.10. The van der Waals surface area contributed by atoms with E-state index in [9.17, 15) is 4.79 Å². The van der Waals surface area contributed by atoms with E-state index < -0.39 is 0 Å². The van der Waals surface area contributed by atoms with Gasteiger partial charge in [-0.25, -0.2) is 0 Å². The summed E-state index contributed by atoms with van der Waals surface area (Å²) < 4.78 is 5.28. The number of nitrogens with zero attached hydrogens (tertiary/aromatic N) is 1. The minimum atomic E-state index is 0.0825. The number of hydrogen-bond donors (Lipinski definition) is 1. The highest BCUT2D eigenvalue weighted by Gasteiger charge is 2.26. The van der Waals surface area contributed by atoms with Gasteiger partial charge in [0.05, 0.1) is 12.6 Å². The van der Waals surface area contributed by atoms with E-state index in [1.807, 2.05) is 18.9 Å². The second-order valence-corrected chi connectivity index (χ2v) is 4.30. The summed E-state index contributed by atoms with van der Waals surface area (Å²) in [7, 11) is 1.88. The summed E-state index contributed by atoms with van der Waals surface area (Å²) in [5, 5.41) is 0. The molecule has 0 aromatic rings. The van der Waals surface area contributed by atoms with E-state index in [0.717, 1.165) is 25.9 Å². The van der Waals surface area contributed by atoms with Gasteiger partial charge in [-0.05, 0) is 25.8 Å². The Morgan fingerprint density at radius 2 is 2.40 bits per heavy atom. The molecule has 2 N–H and O–H groups in total. The molecule has 1 amide bonds. The molecule has 0 aromatic heterocycles. The Balaban J connectivity index is 2.36. The zero-order valence-electron chi connectivity index (χ0n) is 9.74. The molecule has 0 aromatic carbocycles. The lowest BCUT2D eigenvalue weighted by Crippen LogP contribution is -2.40. The fourth-order valence-corrected chi connectivity index (χ4v) is 1.90. The maximum atomic E-state index is 12.0. The van der Waals surface area contributed by atoms with E-state index in [0.29, 0.717) is 13.2 Å². The van der Waals surface area contributed by atoms with Gasteiger partial charge in [0, 0.05) is 19.6 Å². The van der Waals surface area contributed by atoms with Gasteiger partial charge in [0.2, 0.25) is 5.91 Å². The Kier molecular flexibility index (Phi) is 5.05. The molecule has 1 aliphatic rings. The SMILES string of the molecule is CC(CCCN)C(=O)N(C)C1CCOC1. The van der Waals surface area contributed by atoms with Crippen LogP contribution in [0.3, 0.4) is 0 Å². The predicted octanol–water partition coefficient (Wildman–Crippen LogP) is 0.609. The number of rotatable bonds is 5. The van der Waals surface area contributed by atoms with Crippen LogP contribution in [0, 0.1) is 5.92 Å². The van der Waals surface area contributed by atoms with Gasteiger partial charge in [-0.15, -0.1) is 0 Å². The van der Waals surface area contributed by atoms with Crippen molar-refractivity contribution in [3.8, 4) is 0 Å². The first-order chi connectivity index (χ1) is 7.16. The molecule has 0 saturated carbocycles. The van der Waals surface area contributed by atoms with Crippen molar-refractivity contribution < 1.29 is 9.53 Å². The molecule has 0 spiro atoms. The quantitative estimate of drug-likeness (QED) is 0.729. The van der Waals surface area contributed by atoms with Crippen molar-refractivity contribution in [2.75, 3.05) is 26.8 Å². The third kappa shape index (κ3) is 3.47. The first kappa shape index (κ1) is 12.5. The molecule has 1 aliphatic heterocycles. The molecule has 88 valence electrons. The smallest absolute Gasteiger partial charge is 0.225 e. The van der Waals surface area contributed by atoms with Crippen molar-refractivity contribution >= 4 is 5.91 Å². The highest BCUT2D eigenvalue weighted by Crippen LogP contribution is 2.15. The van der Waals surface area contributed by atoms with Gasteiger partial charge < -0.3 is 15.4 Å². The van der Waals surface area contributed by atoms with Crippen LogP contribution in [0.4, 0.5) is 0 Å². The summed E-state index contributed by atoms with van der Waals surface area (Å²) in [5.74, 6) is 0.304. The number of ether oxygens (including phenoxy) is 1. The summed E-state index contributed by atoms with van der Waals surface area (Å²) in [4.78, 5) is 13.8. The van der Waals surface area contributed by atoms with Crippen LogP contribution in [0.5, 0.6) is 0 Å². The lowest BCUT2D eigenvalue weighted by molar-refractivity contribution is -0.136. The number of likely N-dealkylation sites (N-methyl/N-ethyl adjacent to an activating group) is 1. The van der Waals surface area contributed by atoms with Crippen LogP contribution in [-0.2, 0) is 9.53 Å². The Bertz CT molecular complexity index is 203. The molecule has 15 heavy (non-hydrogen) atoms. The van der Waals surface area contributed by atoms with Crippen LogP contribution in [0.15, 0.2) is 0 Å². The van der Waals surface area contributed by atoms with Crippen molar-refractivity contribution in [2.45, 2.75) is 32.2 Å². The van der Waals surface area contributed by atoms with Crippen LogP contribution < -0.4 is 5.73 Å². The Hall–Kier alpha value is -0.610. The maximum absolute atomic E-state index is 12.0. The third-order valence-electron chi connectivity index (χ3n) is 3.06. The number of carbonyl (C=O) groups is 1. The first-order valence-electron chi connectivity index (χ1n) is 5.71. The van der Waals surface area contributed by atoms with Crippen LogP contribution >= 0.6 is 0 Å². The molecule has 0 radical (unpaired) electrons. The minimum absolute atomic E-state index is 0.0825. The van der Waals surface area contributed by atoms with E-state index in [-0.39, 0.29) is 17.9 Å². The lowest BCUT2D eigenvalue weighted by Gasteiger charge is -2.26. The third-order valence-corrected chi connectivity index (χ3v) is 3.06. The van der Waals surface area contributed by atoms with Gasteiger partial charge in [0.25, 0.3) is 0 Å². The highest BCUT2D eigenvalue weighted by atomic mass is 16.5. The fourth-order valence-electron chi connectivity index (χ4n) is 1.90. The van der Waals surface area contributed by atoms with Gasteiger partial charge >= 0.3 is 0 Å². The summed E-state index contributed by atoms with van der Waals surface area (Å²) in [6, 6.07) is 0.276. The molecule has 4 nitrogen and oxygen atoms in total. The molecule has 2 atom stereocenters. The highest BCUT2D eigenvalue weighted by molar-refractivity contribution is 5.78. The molecule has 0 aliphatic carbocycles. The molecular formula is C11H22N2O2. The minimum Gasteiger partial charge on any atom is -0.379 e. The Morgan fingerprint density at radius 3 is 2.93 bits per heavy atom. The fraction of sp³-hybridized carbons (Fsp3) is 0.909. The van der Waals surface area contributed by atoms with Crippen molar-refractivity contribution in [1.82, 2.24) is 4.90 Å². The summed E-state index contributed by atoms with van der Waals surface area (Å²) in [5.41, 5.74) is 5.43. The molecular weight excluding hydrogens is 192 g/mol. The van der Waals surface area contributed by atoms with Crippen LogP contribution in [-0.4, -0.2) is 43.7 Å². The second kappa shape index (κ2) is 6.08.